The molecule has 0 bridgehead atoms. The Balaban J connectivity index is 2.53. The first kappa shape index (κ1) is 17.0. The van der Waals surface area contributed by atoms with Gasteiger partial charge in [0.1, 0.15) is 6.10 Å². The zero-order valence-electron chi connectivity index (χ0n) is 12.0. The molecule has 0 aromatic rings. The SMILES string of the molecule is CC1CCC(C(C)C)C(O[P+](=O)OC(CO)CO)C1. The van der Waals surface area contributed by atoms with Gasteiger partial charge in [-0.05, 0) is 30.6 Å². The maximum absolute atomic E-state index is 11.8. The van der Waals surface area contributed by atoms with Crippen LogP contribution in [0, 0.1) is 17.8 Å². The molecule has 1 aliphatic rings. The predicted molar refractivity (Wildman–Crippen MR) is 72.9 cm³/mol. The predicted octanol–water partition coefficient (Wildman–Crippen LogP) is 2.49. The number of hydrogen-bond donors (Lipinski definition) is 2. The minimum absolute atomic E-state index is 0.0644. The molecular formula is C13H26O5P+. The van der Waals surface area contributed by atoms with Gasteiger partial charge in [-0.3, -0.25) is 0 Å². The lowest BCUT2D eigenvalue weighted by atomic mass is 9.75. The number of hydrogen-bond acceptors (Lipinski definition) is 5. The lowest BCUT2D eigenvalue weighted by Crippen LogP contribution is -2.33. The maximum Gasteiger partial charge on any atom is 0.698 e. The molecule has 0 spiro atoms. The Labute approximate surface area is 116 Å². The highest BCUT2D eigenvalue weighted by Gasteiger charge is 2.39. The topological polar surface area (TPSA) is 76.0 Å². The van der Waals surface area contributed by atoms with E-state index in [1.54, 1.807) is 0 Å². The summed E-state index contributed by atoms with van der Waals surface area (Å²) >= 11 is 0. The third-order valence-electron chi connectivity index (χ3n) is 3.83. The fourth-order valence-corrected chi connectivity index (χ4v) is 3.51. The van der Waals surface area contributed by atoms with E-state index < -0.39 is 14.4 Å². The Hall–Kier alpha value is -0.0600. The number of aliphatic hydroxyl groups excluding tert-OH is 2. The summed E-state index contributed by atoms with van der Waals surface area (Å²) in [5.41, 5.74) is 0. The van der Waals surface area contributed by atoms with Crippen LogP contribution in [0.5, 0.6) is 0 Å². The summed E-state index contributed by atoms with van der Waals surface area (Å²) in [7, 11) is -2.29. The average Bonchev–Trinajstić information content (AvgIpc) is 2.35. The summed E-state index contributed by atoms with van der Waals surface area (Å²) in [5, 5.41) is 17.8. The molecule has 0 heterocycles. The van der Waals surface area contributed by atoms with Gasteiger partial charge in [0.2, 0.25) is 0 Å². The van der Waals surface area contributed by atoms with E-state index in [1.165, 1.54) is 6.42 Å². The Bertz CT molecular complexity index is 280. The van der Waals surface area contributed by atoms with Crippen molar-refractivity contribution in [3.63, 3.8) is 0 Å². The minimum atomic E-state index is -2.29. The summed E-state index contributed by atoms with van der Waals surface area (Å²) in [6, 6.07) is 0. The molecular weight excluding hydrogens is 267 g/mol. The number of aliphatic hydroxyl groups is 2. The molecule has 0 aliphatic heterocycles. The van der Waals surface area contributed by atoms with Crippen LogP contribution in [0.25, 0.3) is 0 Å². The molecule has 0 aromatic heterocycles. The highest BCUT2D eigenvalue weighted by molar-refractivity contribution is 7.33. The summed E-state index contributed by atoms with van der Waals surface area (Å²) < 4.78 is 22.3. The summed E-state index contributed by atoms with van der Waals surface area (Å²) in [4.78, 5) is 0. The van der Waals surface area contributed by atoms with Crippen molar-refractivity contribution in [1.29, 1.82) is 0 Å². The van der Waals surface area contributed by atoms with Gasteiger partial charge in [-0.15, -0.1) is 9.05 Å². The zero-order valence-corrected chi connectivity index (χ0v) is 12.9. The molecule has 1 aliphatic carbocycles. The van der Waals surface area contributed by atoms with Crippen LogP contribution < -0.4 is 0 Å². The fourth-order valence-electron chi connectivity index (χ4n) is 2.62. The minimum Gasteiger partial charge on any atom is -0.393 e. The Morgan fingerprint density at radius 3 is 2.42 bits per heavy atom. The van der Waals surface area contributed by atoms with Crippen LogP contribution in [0.15, 0.2) is 0 Å². The van der Waals surface area contributed by atoms with Gasteiger partial charge >= 0.3 is 8.25 Å². The van der Waals surface area contributed by atoms with Crippen molar-refractivity contribution in [2.75, 3.05) is 13.2 Å². The monoisotopic (exact) mass is 293 g/mol. The summed E-state index contributed by atoms with van der Waals surface area (Å²) in [5.74, 6) is 1.43. The molecule has 6 heteroatoms. The van der Waals surface area contributed by atoms with E-state index in [0.717, 1.165) is 12.8 Å². The van der Waals surface area contributed by atoms with Crippen molar-refractivity contribution in [3.8, 4) is 0 Å². The van der Waals surface area contributed by atoms with Gasteiger partial charge < -0.3 is 10.2 Å². The van der Waals surface area contributed by atoms with Crippen LogP contribution in [0.3, 0.4) is 0 Å². The molecule has 0 saturated heterocycles. The van der Waals surface area contributed by atoms with Crippen molar-refractivity contribution in [2.24, 2.45) is 17.8 Å². The van der Waals surface area contributed by atoms with Gasteiger partial charge in [0.05, 0.1) is 13.2 Å². The Morgan fingerprint density at radius 1 is 1.26 bits per heavy atom. The van der Waals surface area contributed by atoms with Gasteiger partial charge in [0.15, 0.2) is 6.10 Å². The molecule has 4 unspecified atom stereocenters. The third-order valence-corrected chi connectivity index (χ3v) is 4.74. The third kappa shape index (κ3) is 5.44. The van der Waals surface area contributed by atoms with E-state index >= 15 is 0 Å². The van der Waals surface area contributed by atoms with E-state index in [4.69, 9.17) is 19.3 Å². The summed E-state index contributed by atoms with van der Waals surface area (Å²) in [6.45, 7) is 5.74. The molecule has 0 aromatic carbocycles. The van der Waals surface area contributed by atoms with Crippen LogP contribution in [-0.2, 0) is 13.6 Å². The van der Waals surface area contributed by atoms with E-state index in [0.29, 0.717) is 17.8 Å². The lowest BCUT2D eigenvalue weighted by molar-refractivity contribution is 0.0135. The molecule has 0 amide bonds. The van der Waals surface area contributed by atoms with Crippen LogP contribution in [0.4, 0.5) is 0 Å². The highest BCUT2D eigenvalue weighted by atomic mass is 31.1. The highest BCUT2D eigenvalue weighted by Crippen LogP contribution is 2.40. The summed E-state index contributed by atoms with van der Waals surface area (Å²) in [6.07, 6.45) is 2.25. The second-order valence-corrected chi connectivity index (χ2v) is 6.65. The Morgan fingerprint density at radius 2 is 1.89 bits per heavy atom. The molecule has 5 nitrogen and oxygen atoms in total. The zero-order chi connectivity index (χ0) is 14.4. The fraction of sp³-hybridized carbons (Fsp3) is 1.00. The van der Waals surface area contributed by atoms with E-state index in [1.807, 2.05) is 0 Å². The average molecular weight is 293 g/mol. The van der Waals surface area contributed by atoms with E-state index in [-0.39, 0.29) is 19.3 Å². The first-order chi connectivity index (χ1) is 8.97. The van der Waals surface area contributed by atoms with Crippen LogP contribution in [0.1, 0.15) is 40.0 Å². The van der Waals surface area contributed by atoms with Gasteiger partial charge in [0, 0.05) is 4.57 Å². The van der Waals surface area contributed by atoms with Gasteiger partial charge in [0.25, 0.3) is 0 Å². The van der Waals surface area contributed by atoms with Gasteiger partial charge in [-0.1, -0.05) is 27.2 Å². The molecule has 112 valence electrons. The molecule has 4 atom stereocenters. The second-order valence-electron chi connectivity index (χ2n) is 5.79. The first-order valence-corrected chi connectivity index (χ1v) is 8.10. The molecule has 1 rings (SSSR count). The molecule has 1 saturated carbocycles. The molecule has 0 radical (unpaired) electrons. The molecule has 1 fully saturated rings. The van der Waals surface area contributed by atoms with Crippen molar-refractivity contribution < 1.29 is 23.8 Å². The largest absolute Gasteiger partial charge is 0.698 e. The quantitative estimate of drug-likeness (QED) is 0.705. The smallest absolute Gasteiger partial charge is 0.393 e. The normalized spacial score (nSPS) is 29.0. The van der Waals surface area contributed by atoms with Crippen LogP contribution in [-0.4, -0.2) is 35.6 Å². The standard InChI is InChI=1S/C13H26O5P/c1-9(2)12-5-4-10(3)6-13(12)18-19(16)17-11(7-14)8-15/h9-15H,4-8H2,1-3H3/q+1. The van der Waals surface area contributed by atoms with Gasteiger partial charge in [-0.2, -0.15) is 0 Å². The Kier molecular flexibility index (Phi) is 7.40. The number of rotatable bonds is 7. The van der Waals surface area contributed by atoms with Crippen molar-refractivity contribution in [2.45, 2.75) is 52.2 Å². The van der Waals surface area contributed by atoms with Crippen LogP contribution in [0.2, 0.25) is 0 Å². The van der Waals surface area contributed by atoms with Crippen molar-refractivity contribution in [1.82, 2.24) is 0 Å². The van der Waals surface area contributed by atoms with Crippen molar-refractivity contribution >= 4 is 8.25 Å². The lowest BCUT2D eigenvalue weighted by Gasteiger charge is -2.33. The maximum atomic E-state index is 11.8. The first-order valence-electron chi connectivity index (χ1n) is 7.00. The van der Waals surface area contributed by atoms with Gasteiger partial charge in [-0.25, -0.2) is 0 Å². The van der Waals surface area contributed by atoms with Crippen LogP contribution >= 0.6 is 8.25 Å². The van der Waals surface area contributed by atoms with Crippen molar-refractivity contribution in [3.05, 3.63) is 0 Å². The second kappa shape index (κ2) is 8.28. The molecule has 19 heavy (non-hydrogen) atoms. The van der Waals surface area contributed by atoms with E-state index in [2.05, 4.69) is 20.8 Å². The van der Waals surface area contributed by atoms with E-state index in [9.17, 15) is 4.57 Å². The molecule has 2 N–H and O–H groups in total.